The molecule has 0 amide bonds. The summed E-state index contributed by atoms with van der Waals surface area (Å²) in [5, 5.41) is 3.47. The van der Waals surface area contributed by atoms with E-state index in [-0.39, 0.29) is 5.82 Å². The molecule has 19 heavy (non-hydrogen) atoms. The van der Waals surface area contributed by atoms with E-state index in [9.17, 15) is 4.39 Å². The molecular weight excluding hydrogens is 305 g/mol. The van der Waals surface area contributed by atoms with Gasteiger partial charge in [-0.05, 0) is 59.4 Å². The maximum atomic E-state index is 13.3. The molecule has 0 heterocycles. The van der Waals surface area contributed by atoms with Gasteiger partial charge in [0, 0.05) is 6.04 Å². The highest BCUT2D eigenvalue weighted by molar-refractivity contribution is 9.10. The molecule has 1 aromatic carbocycles. The van der Waals surface area contributed by atoms with Crippen LogP contribution in [0.25, 0.3) is 0 Å². The van der Waals surface area contributed by atoms with Crippen molar-refractivity contribution in [3.8, 4) is 0 Å². The Kier molecular flexibility index (Phi) is 7.99. The van der Waals surface area contributed by atoms with Crippen LogP contribution in [0.15, 0.2) is 35.3 Å². The van der Waals surface area contributed by atoms with Crippen molar-refractivity contribution in [1.82, 2.24) is 5.32 Å². The fraction of sp³-hybridized carbons (Fsp3) is 0.500. The van der Waals surface area contributed by atoms with Crippen LogP contribution < -0.4 is 5.32 Å². The monoisotopic (exact) mass is 327 g/mol. The van der Waals surface area contributed by atoms with E-state index in [1.807, 2.05) is 18.2 Å². The maximum Gasteiger partial charge on any atom is 0.137 e. The zero-order valence-corrected chi connectivity index (χ0v) is 13.2. The van der Waals surface area contributed by atoms with Crippen LogP contribution in [0, 0.1) is 5.82 Å². The highest BCUT2D eigenvalue weighted by Crippen LogP contribution is 2.25. The standard InChI is InChI=1S/C16H23BrFN/c1-3-5-6-7-8-9-16(19-4-2)13-10-11-15(18)14(17)12-13/h3,10-12,16,19H,1,4-9H2,2H3. The molecule has 0 saturated carbocycles. The molecule has 0 aliphatic carbocycles. The molecule has 1 rings (SSSR count). The summed E-state index contributed by atoms with van der Waals surface area (Å²) in [5.74, 6) is -0.204. The first-order chi connectivity index (χ1) is 9.19. The minimum Gasteiger partial charge on any atom is -0.310 e. The number of benzene rings is 1. The maximum absolute atomic E-state index is 13.3. The lowest BCUT2D eigenvalue weighted by atomic mass is 10.00. The minimum atomic E-state index is -0.204. The molecule has 0 aliphatic rings. The van der Waals surface area contributed by atoms with Crippen molar-refractivity contribution in [3.63, 3.8) is 0 Å². The van der Waals surface area contributed by atoms with E-state index in [0.717, 1.165) is 24.9 Å². The number of unbranched alkanes of at least 4 members (excludes halogenated alkanes) is 3. The molecule has 0 fully saturated rings. The number of hydrogen-bond donors (Lipinski definition) is 1. The van der Waals surface area contributed by atoms with Gasteiger partial charge in [-0.3, -0.25) is 0 Å². The van der Waals surface area contributed by atoms with Gasteiger partial charge in [0.25, 0.3) is 0 Å². The molecule has 106 valence electrons. The Morgan fingerprint density at radius 3 is 2.79 bits per heavy atom. The number of hydrogen-bond acceptors (Lipinski definition) is 1. The normalized spacial score (nSPS) is 12.4. The Morgan fingerprint density at radius 1 is 1.37 bits per heavy atom. The Labute approximate surface area is 124 Å². The van der Waals surface area contributed by atoms with Gasteiger partial charge < -0.3 is 5.32 Å². The fourth-order valence-electron chi connectivity index (χ4n) is 2.18. The minimum absolute atomic E-state index is 0.204. The van der Waals surface area contributed by atoms with Crippen LogP contribution in [0.1, 0.15) is 50.6 Å². The van der Waals surface area contributed by atoms with Gasteiger partial charge in [0.2, 0.25) is 0 Å². The molecule has 3 heteroatoms. The molecule has 1 atom stereocenters. The van der Waals surface area contributed by atoms with E-state index in [1.54, 1.807) is 0 Å². The first kappa shape index (κ1) is 16.4. The van der Waals surface area contributed by atoms with E-state index >= 15 is 0 Å². The summed E-state index contributed by atoms with van der Waals surface area (Å²) in [7, 11) is 0. The third kappa shape index (κ3) is 5.87. The van der Waals surface area contributed by atoms with Crippen molar-refractivity contribution >= 4 is 15.9 Å². The SMILES string of the molecule is C=CCCCCCC(NCC)c1ccc(F)c(Br)c1. The second-order valence-corrected chi connectivity index (χ2v) is 5.56. The smallest absolute Gasteiger partial charge is 0.137 e. The average Bonchev–Trinajstić information content (AvgIpc) is 2.40. The van der Waals surface area contributed by atoms with Crippen LogP contribution in [0.3, 0.4) is 0 Å². The van der Waals surface area contributed by atoms with Crippen molar-refractivity contribution in [2.45, 2.75) is 45.1 Å². The molecule has 1 aromatic rings. The summed E-state index contributed by atoms with van der Waals surface area (Å²) in [6, 6.07) is 5.59. The van der Waals surface area contributed by atoms with E-state index in [2.05, 4.69) is 34.7 Å². The molecule has 1 N–H and O–H groups in total. The van der Waals surface area contributed by atoms with Gasteiger partial charge in [0.1, 0.15) is 5.82 Å². The first-order valence-electron chi connectivity index (χ1n) is 6.98. The lowest BCUT2D eigenvalue weighted by Crippen LogP contribution is -2.20. The van der Waals surface area contributed by atoms with E-state index < -0.39 is 0 Å². The van der Waals surface area contributed by atoms with Gasteiger partial charge in [-0.25, -0.2) is 4.39 Å². The fourth-order valence-corrected chi connectivity index (χ4v) is 2.57. The largest absolute Gasteiger partial charge is 0.310 e. The highest BCUT2D eigenvalue weighted by Gasteiger charge is 2.11. The molecular formula is C16H23BrFN. The molecule has 0 saturated heterocycles. The topological polar surface area (TPSA) is 12.0 Å². The van der Waals surface area contributed by atoms with Crippen LogP contribution in [0.2, 0.25) is 0 Å². The first-order valence-corrected chi connectivity index (χ1v) is 7.77. The molecule has 0 spiro atoms. The van der Waals surface area contributed by atoms with Crippen molar-refractivity contribution in [2.75, 3.05) is 6.54 Å². The highest BCUT2D eigenvalue weighted by atomic mass is 79.9. The second-order valence-electron chi connectivity index (χ2n) is 4.71. The number of allylic oxidation sites excluding steroid dienone is 1. The van der Waals surface area contributed by atoms with Crippen molar-refractivity contribution in [2.24, 2.45) is 0 Å². The third-order valence-corrected chi connectivity index (χ3v) is 3.81. The molecule has 1 nitrogen and oxygen atoms in total. The number of rotatable bonds is 9. The number of nitrogens with one attached hydrogen (secondary N) is 1. The van der Waals surface area contributed by atoms with Crippen LogP contribution >= 0.6 is 15.9 Å². The lowest BCUT2D eigenvalue weighted by molar-refractivity contribution is 0.482. The molecule has 1 unspecified atom stereocenters. The molecule has 0 aliphatic heterocycles. The summed E-state index contributed by atoms with van der Waals surface area (Å²) in [6.45, 7) is 6.76. The molecule has 0 radical (unpaired) electrons. The van der Waals surface area contributed by atoms with Gasteiger partial charge in [-0.2, -0.15) is 0 Å². The zero-order valence-electron chi connectivity index (χ0n) is 11.6. The van der Waals surface area contributed by atoms with E-state index in [1.165, 1.54) is 25.3 Å². The van der Waals surface area contributed by atoms with Crippen molar-refractivity contribution in [1.29, 1.82) is 0 Å². The van der Waals surface area contributed by atoms with Gasteiger partial charge >= 0.3 is 0 Å². The molecule has 0 aromatic heterocycles. The van der Waals surface area contributed by atoms with Crippen LogP contribution in [-0.4, -0.2) is 6.54 Å². The van der Waals surface area contributed by atoms with Gasteiger partial charge in [0.15, 0.2) is 0 Å². The zero-order chi connectivity index (χ0) is 14.1. The van der Waals surface area contributed by atoms with Crippen LogP contribution in [0.5, 0.6) is 0 Å². The Balaban J connectivity index is 2.55. The molecule has 0 bridgehead atoms. The number of halogens is 2. The Bertz CT molecular complexity index is 392. The van der Waals surface area contributed by atoms with Crippen LogP contribution in [-0.2, 0) is 0 Å². The second kappa shape index (κ2) is 9.27. The van der Waals surface area contributed by atoms with E-state index in [0.29, 0.717) is 10.5 Å². The third-order valence-electron chi connectivity index (χ3n) is 3.20. The summed E-state index contributed by atoms with van der Waals surface area (Å²) in [6.07, 6.45) is 7.75. The summed E-state index contributed by atoms with van der Waals surface area (Å²) < 4.78 is 13.8. The van der Waals surface area contributed by atoms with Crippen molar-refractivity contribution in [3.05, 3.63) is 46.7 Å². The summed E-state index contributed by atoms with van der Waals surface area (Å²) in [4.78, 5) is 0. The van der Waals surface area contributed by atoms with Crippen molar-refractivity contribution < 1.29 is 4.39 Å². The predicted octanol–water partition coefficient (Wildman–Crippen LogP) is 5.38. The van der Waals surface area contributed by atoms with Gasteiger partial charge in [0.05, 0.1) is 4.47 Å². The van der Waals surface area contributed by atoms with Gasteiger partial charge in [-0.1, -0.05) is 31.9 Å². The lowest BCUT2D eigenvalue weighted by Gasteiger charge is -2.18. The predicted molar refractivity (Wildman–Crippen MR) is 83.8 cm³/mol. The Hall–Kier alpha value is -0.670. The summed E-state index contributed by atoms with van der Waals surface area (Å²) >= 11 is 3.25. The summed E-state index contributed by atoms with van der Waals surface area (Å²) in [5.41, 5.74) is 1.15. The van der Waals surface area contributed by atoms with Crippen LogP contribution in [0.4, 0.5) is 4.39 Å². The Morgan fingerprint density at radius 2 is 2.16 bits per heavy atom. The average molecular weight is 328 g/mol. The quantitative estimate of drug-likeness (QED) is 0.474. The van der Waals surface area contributed by atoms with E-state index in [4.69, 9.17) is 0 Å². The van der Waals surface area contributed by atoms with Gasteiger partial charge in [-0.15, -0.1) is 6.58 Å².